The van der Waals surface area contributed by atoms with Crippen molar-refractivity contribution in [2.75, 3.05) is 27.8 Å². The van der Waals surface area contributed by atoms with Crippen molar-refractivity contribution < 1.29 is 24.2 Å². The first-order chi connectivity index (χ1) is 16.2. The van der Waals surface area contributed by atoms with Crippen molar-refractivity contribution in [2.24, 2.45) is 5.92 Å². The molecule has 180 valence electrons. The molecule has 1 amide bonds. The molecule has 0 spiro atoms. The summed E-state index contributed by atoms with van der Waals surface area (Å²) in [6.07, 6.45) is 3.73. The number of carbonyl (C=O) groups is 2. The first-order valence-corrected chi connectivity index (χ1v) is 11.2. The fourth-order valence-electron chi connectivity index (χ4n) is 4.39. The number of aliphatic carboxylic acids is 1. The number of nitrogens with one attached hydrogen (secondary N) is 1. The summed E-state index contributed by atoms with van der Waals surface area (Å²) < 4.78 is 11.4. The molecule has 8 heteroatoms. The zero-order valence-corrected chi connectivity index (χ0v) is 20.4. The van der Waals surface area contributed by atoms with E-state index in [1.54, 1.807) is 43.1 Å². The van der Waals surface area contributed by atoms with Gasteiger partial charge in [0, 0.05) is 31.6 Å². The van der Waals surface area contributed by atoms with Crippen LogP contribution < -0.4 is 5.32 Å². The molecule has 0 saturated heterocycles. The minimum atomic E-state index is -1.29. The highest BCUT2D eigenvalue weighted by Crippen LogP contribution is 2.48. The normalized spacial score (nSPS) is 22.7. The van der Waals surface area contributed by atoms with Crippen LogP contribution in [0, 0.1) is 5.92 Å². The van der Waals surface area contributed by atoms with Crippen molar-refractivity contribution in [3.05, 3.63) is 88.3 Å². The summed E-state index contributed by atoms with van der Waals surface area (Å²) in [5.41, 5.74) is 0.490. The van der Waals surface area contributed by atoms with Crippen LogP contribution in [0.4, 0.5) is 0 Å². The summed E-state index contributed by atoms with van der Waals surface area (Å²) in [7, 11) is 4.53. The van der Waals surface area contributed by atoms with E-state index in [4.69, 9.17) is 21.1 Å². The number of benzene rings is 2. The van der Waals surface area contributed by atoms with Gasteiger partial charge in [-0.2, -0.15) is 0 Å². The molecule has 34 heavy (non-hydrogen) atoms. The maximum Gasteiger partial charge on any atom is 0.312 e. The number of carboxylic acids is 1. The summed E-state index contributed by atoms with van der Waals surface area (Å²) in [5.74, 6) is -3.30. The van der Waals surface area contributed by atoms with Gasteiger partial charge in [-0.3, -0.25) is 9.59 Å². The van der Waals surface area contributed by atoms with Gasteiger partial charge in [-0.05, 0) is 30.2 Å². The highest BCUT2D eigenvalue weighted by atomic mass is 35.5. The first-order valence-electron chi connectivity index (χ1n) is 10.8. The minimum absolute atomic E-state index is 0.197. The van der Waals surface area contributed by atoms with Gasteiger partial charge < -0.3 is 24.8 Å². The second kappa shape index (κ2) is 10.8. The highest BCUT2D eigenvalue weighted by molar-refractivity contribution is 6.30. The Morgan fingerprint density at radius 2 is 1.88 bits per heavy atom. The predicted molar refractivity (Wildman–Crippen MR) is 131 cm³/mol. The fraction of sp³-hybridized carbons (Fsp3) is 0.308. The van der Waals surface area contributed by atoms with Gasteiger partial charge in [0.25, 0.3) is 5.91 Å². The van der Waals surface area contributed by atoms with Gasteiger partial charge >= 0.3 is 5.97 Å². The Kier molecular flexibility index (Phi) is 8.02. The summed E-state index contributed by atoms with van der Waals surface area (Å²) in [6.45, 7) is 1.92. The van der Waals surface area contributed by atoms with Crippen LogP contribution in [0.15, 0.2) is 72.1 Å². The average molecular weight is 485 g/mol. The van der Waals surface area contributed by atoms with E-state index in [2.05, 4.69) is 5.32 Å². The van der Waals surface area contributed by atoms with Crippen LogP contribution >= 0.6 is 11.6 Å². The van der Waals surface area contributed by atoms with Crippen molar-refractivity contribution in [3.63, 3.8) is 0 Å². The van der Waals surface area contributed by atoms with E-state index in [1.807, 2.05) is 42.5 Å². The molecule has 0 saturated carbocycles. The van der Waals surface area contributed by atoms with Crippen LogP contribution in [0.3, 0.4) is 0 Å². The number of ether oxygens (including phenoxy) is 2. The van der Waals surface area contributed by atoms with Crippen LogP contribution in [0.25, 0.3) is 6.08 Å². The molecule has 0 bridgehead atoms. The monoisotopic (exact) mass is 484 g/mol. The third-order valence-electron chi connectivity index (χ3n) is 6.24. The lowest BCUT2D eigenvalue weighted by atomic mass is 9.72. The van der Waals surface area contributed by atoms with Crippen molar-refractivity contribution in [1.29, 1.82) is 0 Å². The fourth-order valence-corrected chi connectivity index (χ4v) is 4.58. The third-order valence-corrected chi connectivity index (χ3v) is 6.47. The zero-order valence-electron chi connectivity index (χ0n) is 19.6. The maximum absolute atomic E-state index is 13.5. The van der Waals surface area contributed by atoms with E-state index >= 15 is 0 Å². The molecule has 1 aliphatic rings. The van der Waals surface area contributed by atoms with E-state index < -0.39 is 29.4 Å². The number of halogens is 1. The van der Waals surface area contributed by atoms with Gasteiger partial charge in [-0.1, -0.05) is 66.2 Å². The molecule has 0 aliphatic carbocycles. The molecule has 0 radical (unpaired) electrons. The Morgan fingerprint density at radius 3 is 2.47 bits per heavy atom. The average Bonchev–Trinajstić information content (AvgIpc) is 2.83. The number of rotatable bonds is 8. The molecule has 3 unspecified atom stereocenters. The molecule has 2 aromatic rings. The number of methoxy groups -OCH3 is 2. The van der Waals surface area contributed by atoms with E-state index in [0.29, 0.717) is 10.6 Å². The number of hydrogen-bond acceptors (Lipinski definition) is 5. The van der Waals surface area contributed by atoms with Crippen LogP contribution in [0.2, 0.25) is 5.02 Å². The van der Waals surface area contributed by atoms with Gasteiger partial charge in [0.1, 0.15) is 5.92 Å². The predicted octanol–water partition coefficient (Wildman–Crippen LogP) is 4.12. The van der Waals surface area contributed by atoms with Crippen molar-refractivity contribution >= 4 is 29.6 Å². The van der Waals surface area contributed by atoms with Crippen molar-refractivity contribution in [3.8, 4) is 0 Å². The number of carboxylic acid groups (broad SMARTS) is 1. The molecule has 3 rings (SSSR count). The first kappa shape index (κ1) is 25.3. The molecule has 7 nitrogen and oxygen atoms in total. The maximum atomic E-state index is 13.5. The molecular weight excluding hydrogens is 456 g/mol. The van der Waals surface area contributed by atoms with Crippen LogP contribution in [0.5, 0.6) is 0 Å². The smallest absolute Gasteiger partial charge is 0.312 e. The minimum Gasteiger partial charge on any atom is -0.482 e. The Labute approximate surface area is 204 Å². The summed E-state index contributed by atoms with van der Waals surface area (Å²) in [6, 6.07) is 16.5. The van der Waals surface area contributed by atoms with E-state index in [0.717, 1.165) is 5.56 Å². The van der Waals surface area contributed by atoms with Crippen molar-refractivity contribution in [2.45, 2.75) is 18.6 Å². The lowest BCUT2D eigenvalue weighted by Crippen LogP contribution is -2.60. The highest BCUT2D eigenvalue weighted by Gasteiger charge is 2.56. The summed E-state index contributed by atoms with van der Waals surface area (Å²) >= 11 is 6.24. The number of hydrogen-bond donors (Lipinski definition) is 2. The second-order valence-corrected chi connectivity index (χ2v) is 8.55. The lowest BCUT2D eigenvalue weighted by molar-refractivity contribution is -0.188. The van der Waals surface area contributed by atoms with E-state index in [1.165, 1.54) is 14.2 Å². The Balaban J connectivity index is 2.05. The molecule has 3 atom stereocenters. The SMILES string of the molecule is COC1=C(C(=O)NCC=Cc2ccccc2)C(c2cccc(Cl)c2)C(C(=O)O)C(C)(OC)N1C. The van der Waals surface area contributed by atoms with Crippen LogP contribution in [-0.2, 0) is 19.1 Å². The summed E-state index contributed by atoms with van der Waals surface area (Å²) in [4.78, 5) is 27.6. The second-order valence-electron chi connectivity index (χ2n) is 8.11. The van der Waals surface area contributed by atoms with Gasteiger partial charge in [0.15, 0.2) is 5.72 Å². The van der Waals surface area contributed by atoms with Crippen LogP contribution in [0.1, 0.15) is 24.0 Å². The van der Waals surface area contributed by atoms with E-state index in [-0.39, 0.29) is 18.0 Å². The molecule has 0 fully saturated rings. The lowest BCUT2D eigenvalue weighted by Gasteiger charge is -2.50. The molecule has 2 aromatic carbocycles. The molecule has 2 N–H and O–H groups in total. The molecule has 0 aromatic heterocycles. The topological polar surface area (TPSA) is 88.1 Å². The Bertz CT molecular complexity index is 1100. The Hall–Kier alpha value is -3.29. The van der Waals surface area contributed by atoms with Gasteiger partial charge in [0.05, 0.1) is 12.7 Å². The molecule has 1 aliphatic heterocycles. The largest absolute Gasteiger partial charge is 0.482 e. The van der Waals surface area contributed by atoms with Gasteiger partial charge in [-0.15, -0.1) is 0 Å². The molecular formula is C26H29ClN2O5. The van der Waals surface area contributed by atoms with E-state index in [9.17, 15) is 14.7 Å². The quantitative estimate of drug-likeness (QED) is 0.586. The standard InChI is InChI=1S/C26H29ClN2O5/c1-26(34-4)22(25(31)32)20(18-13-8-14-19(27)16-18)21(24(33-3)29(26)2)23(30)28-15-9-12-17-10-6-5-7-11-17/h5-14,16,20,22H,15H2,1-4H3,(H,28,30)(H,31,32). The molecule has 1 heterocycles. The zero-order chi connectivity index (χ0) is 24.9. The van der Waals surface area contributed by atoms with Gasteiger partial charge in [-0.25, -0.2) is 0 Å². The number of amides is 1. The third kappa shape index (κ3) is 4.95. The summed E-state index contributed by atoms with van der Waals surface area (Å²) in [5, 5.41) is 13.6. The Morgan fingerprint density at radius 1 is 1.18 bits per heavy atom. The number of carbonyl (C=O) groups excluding carboxylic acids is 1. The van der Waals surface area contributed by atoms with Gasteiger partial charge in [0.2, 0.25) is 5.88 Å². The number of nitrogens with zero attached hydrogens (tertiary/aromatic N) is 1. The van der Waals surface area contributed by atoms with Crippen molar-refractivity contribution in [1.82, 2.24) is 10.2 Å². The van der Waals surface area contributed by atoms with Crippen LogP contribution in [-0.4, -0.2) is 55.4 Å².